The first kappa shape index (κ1) is 25.1. The van der Waals surface area contributed by atoms with Crippen molar-refractivity contribution in [2.24, 2.45) is 5.41 Å². The summed E-state index contributed by atoms with van der Waals surface area (Å²) < 4.78 is 12.0. The summed E-state index contributed by atoms with van der Waals surface area (Å²) in [6, 6.07) is 11.9. The highest BCUT2D eigenvalue weighted by Crippen LogP contribution is 2.38. The number of nitrogens with one attached hydrogen (secondary N) is 1. The second-order valence-electron chi connectivity index (χ2n) is 10.1. The standard InChI is InChI=1S/C26H37NO3S/c1-18(28)13-19-9-11-23(29-8)24(14-19)30-22-12-10-21(27-17-25(2,3)4)15-20(22)16-31-26(5,6)7/h9-12,14-15,27H,13,16-17H2,1-8H3. The van der Waals surface area contributed by atoms with Crippen molar-refractivity contribution >= 4 is 23.2 Å². The van der Waals surface area contributed by atoms with E-state index in [0.29, 0.717) is 17.9 Å². The van der Waals surface area contributed by atoms with Crippen molar-refractivity contribution in [3.63, 3.8) is 0 Å². The highest BCUT2D eigenvalue weighted by molar-refractivity contribution is 7.99. The number of hydrogen-bond donors (Lipinski definition) is 1. The first-order valence-corrected chi connectivity index (χ1v) is 11.7. The van der Waals surface area contributed by atoms with Gasteiger partial charge in [0.2, 0.25) is 0 Å². The Kier molecular flexibility index (Phi) is 8.47. The van der Waals surface area contributed by atoms with Gasteiger partial charge in [-0.15, -0.1) is 0 Å². The van der Waals surface area contributed by atoms with Crippen LogP contribution in [0.5, 0.6) is 17.2 Å². The van der Waals surface area contributed by atoms with Gasteiger partial charge in [-0.25, -0.2) is 0 Å². The fourth-order valence-corrected chi connectivity index (χ4v) is 3.69. The maximum Gasteiger partial charge on any atom is 0.169 e. The molecule has 0 aliphatic rings. The molecule has 0 heterocycles. The molecule has 1 N–H and O–H groups in total. The predicted molar refractivity (Wildman–Crippen MR) is 133 cm³/mol. The molecule has 0 saturated heterocycles. The Morgan fingerprint density at radius 3 is 2.23 bits per heavy atom. The molecule has 0 unspecified atom stereocenters. The topological polar surface area (TPSA) is 47.6 Å². The summed E-state index contributed by atoms with van der Waals surface area (Å²) >= 11 is 1.88. The minimum Gasteiger partial charge on any atom is -0.493 e. The van der Waals surface area contributed by atoms with Crippen LogP contribution in [0.2, 0.25) is 0 Å². The van der Waals surface area contributed by atoms with E-state index >= 15 is 0 Å². The van der Waals surface area contributed by atoms with E-state index in [2.05, 4.69) is 59.0 Å². The minimum absolute atomic E-state index is 0.118. The lowest BCUT2D eigenvalue weighted by Crippen LogP contribution is -2.19. The first-order valence-electron chi connectivity index (χ1n) is 10.7. The molecule has 5 heteroatoms. The van der Waals surface area contributed by atoms with Crippen molar-refractivity contribution in [2.45, 2.75) is 65.4 Å². The average Bonchev–Trinajstić information content (AvgIpc) is 2.64. The summed E-state index contributed by atoms with van der Waals surface area (Å²) in [6.07, 6.45) is 0.378. The van der Waals surface area contributed by atoms with E-state index in [1.807, 2.05) is 36.0 Å². The Bertz CT molecular complexity index is 895. The monoisotopic (exact) mass is 443 g/mol. The number of ketones is 1. The predicted octanol–water partition coefficient (Wildman–Crippen LogP) is 7.11. The lowest BCUT2D eigenvalue weighted by atomic mass is 9.97. The van der Waals surface area contributed by atoms with Gasteiger partial charge in [0.05, 0.1) is 7.11 Å². The van der Waals surface area contributed by atoms with Crippen LogP contribution < -0.4 is 14.8 Å². The summed E-state index contributed by atoms with van der Waals surface area (Å²) in [5.41, 5.74) is 3.32. The first-order chi connectivity index (χ1) is 14.4. The molecular weight excluding hydrogens is 406 g/mol. The number of thioether (sulfide) groups is 1. The number of Topliss-reactive ketones (excluding diaryl/α,β-unsaturated/α-hetero) is 1. The van der Waals surface area contributed by atoms with Crippen molar-refractivity contribution < 1.29 is 14.3 Å². The molecule has 2 rings (SSSR count). The molecule has 0 amide bonds. The zero-order valence-electron chi connectivity index (χ0n) is 20.2. The third-order valence-electron chi connectivity index (χ3n) is 4.45. The van der Waals surface area contributed by atoms with Crippen molar-refractivity contribution in [2.75, 3.05) is 19.0 Å². The highest BCUT2D eigenvalue weighted by atomic mass is 32.2. The van der Waals surface area contributed by atoms with E-state index in [-0.39, 0.29) is 15.9 Å². The van der Waals surface area contributed by atoms with E-state index in [4.69, 9.17) is 9.47 Å². The van der Waals surface area contributed by atoms with Gasteiger partial charge in [0.25, 0.3) is 0 Å². The van der Waals surface area contributed by atoms with Crippen LogP contribution in [-0.2, 0) is 17.0 Å². The van der Waals surface area contributed by atoms with E-state index < -0.39 is 0 Å². The van der Waals surface area contributed by atoms with E-state index in [9.17, 15) is 4.79 Å². The molecule has 0 aliphatic heterocycles. The van der Waals surface area contributed by atoms with Gasteiger partial charge in [-0.2, -0.15) is 11.8 Å². The van der Waals surface area contributed by atoms with Crippen molar-refractivity contribution in [1.29, 1.82) is 0 Å². The molecule has 2 aromatic carbocycles. The summed E-state index contributed by atoms with van der Waals surface area (Å²) in [7, 11) is 1.63. The van der Waals surface area contributed by atoms with Gasteiger partial charge < -0.3 is 14.8 Å². The molecule has 0 spiro atoms. The van der Waals surface area contributed by atoms with Gasteiger partial charge in [-0.05, 0) is 48.2 Å². The maximum absolute atomic E-state index is 11.6. The van der Waals surface area contributed by atoms with Crippen molar-refractivity contribution in [3.05, 3.63) is 47.5 Å². The Hall–Kier alpha value is -2.14. The quantitative estimate of drug-likeness (QED) is 0.447. The second-order valence-corrected chi connectivity index (χ2v) is 11.9. The Morgan fingerprint density at radius 2 is 1.65 bits per heavy atom. The zero-order valence-corrected chi connectivity index (χ0v) is 21.0. The molecule has 0 bridgehead atoms. The third-order valence-corrected chi connectivity index (χ3v) is 5.77. The zero-order chi connectivity index (χ0) is 23.2. The summed E-state index contributed by atoms with van der Waals surface area (Å²) in [5.74, 6) is 3.03. The van der Waals surface area contributed by atoms with Crippen LogP contribution in [0, 0.1) is 5.41 Å². The Balaban J connectivity index is 2.36. The Morgan fingerprint density at radius 1 is 0.968 bits per heavy atom. The number of benzene rings is 2. The summed E-state index contributed by atoms with van der Waals surface area (Å²) in [4.78, 5) is 11.6. The number of carbonyl (C=O) groups excluding carboxylic acids is 1. The van der Waals surface area contributed by atoms with Crippen molar-refractivity contribution in [1.82, 2.24) is 0 Å². The molecule has 0 aliphatic carbocycles. The van der Waals surface area contributed by atoms with Gasteiger partial charge >= 0.3 is 0 Å². The second kappa shape index (κ2) is 10.4. The van der Waals surface area contributed by atoms with Crippen LogP contribution >= 0.6 is 11.8 Å². The van der Waals surface area contributed by atoms with Crippen LogP contribution in [0.4, 0.5) is 5.69 Å². The molecule has 0 radical (unpaired) electrons. The van der Waals surface area contributed by atoms with Crippen LogP contribution in [0.3, 0.4) is 0 Å². The molecular formula is C26H37NO3S. The molecule has 0 atom stereocenters. The van der Waals surface area contributed by atoms with Crippen LogP contribution in [0.1, 0.15) is 59.6 Å². The average molecular weight is 444 g/mol. The number of hydrogen-bond acceptors (Lipinski definition) is 5. The fraction of sp³-hybridized carbons (Fsp3) is 0.500. The van der Waals surface area contributed by atoms with Crippen LogP contribution in [0.15, 0.2) is 36.4 Å². The van der Waals surface area contributed by atoms with Gasteiger partial charge in [0.1, 0.15) is 11.5 Å². The SMILES string of the molecule is COc1ccc(CC(C)=O)cc1Oc1ccc(NCC(C)(C)C)cc1CSC(C)(C)C. The molecule has 2 aromatic rings. The van der Waals surface area contributed by atoms with Gasteiger partial charge in [0.15, 0.2) is 11.5 Å². The van der Waals surface area contributed by atoms with Crippen LogP contribution in [-0.4, -0.2) is 24.2 Å². The lowest BCUT2D eigenvalue weighted by molar-refractivity contribution is -0.116. The molecule has 0 aromatic heterocycles. The fourth-order valence-electron chi connectivity index (χ4n) is 2.88. The normalized spacial score (nSPS) is 11.9. The van der Waals surface area contributed by atoms with Crippen molar-refractivity contribution in [3.8, 4) is 17.2 Å². The number of anilines is 1. The number of methoxy groups -OCH3 is 1. The molecule has 31 heavy (non-hydrogen) atoms. The third kappa shape index (κ3) is 8.86. The number of rotatable bonds is 9. The molecule has 4 nitrogen and oxygen atoms in total. The highest BCUT2D eigenvalue weighted by Gasteiger charge is 2.17. The Labute approximate surface area is 192 Å². The maximum atomic E-state index is 11.6. The van der Waals surface area contributed by atoms with Gasteiger partial charge in [-0.3, -0.25) is 4.79 Å². The van der Waals surface area contributed by atoms with E-state index in [1.165, 1.54) is 0 Å². The molecule has 170 valence electrons. The van der Waals surface area contributed by atoms with E-state index in [1.54, 1.807) is 14.0 Å². The van der Waals surface area contributed by atoms with Gasteiger partial charge in [-0.1, -0.05) is 47.6 Å². The van der Waals surface area contributed by atoms with Gasteiger partial charge in [0, 0.05) is 34.7 Å². The largest absolute Gasteiger partial charge is 0.493 e. The lowest BCUT2D eigenvalue weighted by Gasteiger charge is -2.22. The summed E-state index contributed by atoms with van der Waals surface area (Å²) in [6.45, 7) is 15.8. The summed E-state index contributed by atoms with van der Waals surface area (Å²) in [5, 5.41) is 3.54. The molecule has 0 fully saturated rings. The van der Waals surface area contributed by atoms with E-state index in [0.717, 1.165) is 34.9 Å². The number of carbonyl (C=O) groups is 1. The van der Waals surface area contributed by atoms with Crippen LogP contribution in [0.25, 0.3) is 0 Å². The molecule has 0 saturated carbocycles. The minimum atomic E-state index is 0.118. The smallest absolute Gasteiger partial charge is 0.169 e. The number of ether oxygens (including phenoxy) is 2.